The average molecular weight is 600 g/mol. The first kappa shape index (κ1) is 30.0. The molecule has 0 radical (unpaired) electrons. The lowest BCUT2D eigenvalue weighted by Crippen LogP contribution is -2.31. The molecule has 0 unspecified atom stereocenters. The van der Waals surface area contributed by atoms with Crippen molar-refractivity contribution in [2.45, 2.75) is 53.9 Å². The standard InChI is InChI=1S/C38H37N3O4/c1-37(2,3)35(43)39-23-13-16-27-26-15-12-22(19-30(26)33(41-45)31(27)20-23)9-8-18-38(4,5)36(44)40-24-14-17-28-25-10-6-7-11-29(25)34(42)32(28)21-24/h6-7,10-17,19-21,45H,8-9,18H2,1-5H3,(H,39,43)(H,40,44)/b41-33+. The fraction of sp³-hybridized carbons (Fsp3) is 0.263. The molecule has 2 amide bonds. The number of rotatable bonds is 7. The molecule has 0 atom stereocenters. The van der Waals surface area contributed by atoms with E-state index < -0.39 is 10.8 Å². The Hall–Kier alpha value is -5.04. The number of carbonyl (C=O) groups excluding carboxylic acids is 3. The van der Waals surface area contributed by atoms with Crippen molar-refractivity contribution in [2.24, 2.45) is 16.0 Å². The van der Waals surface area contributed by atoms with Crippen LogP contribution >= 0.6 is 0 Å². The van der Waals surface area contributed by atoms with E-state index in [2.05, 4.69) is 21.9 Å². The Balaban J connectivity index is 1.10. The molecular weight excluding hydrogens is 562 g/mol. The van der Waals surface area contributed by atoms with E-state index >= 15 is 0 Å². The number of amides is 2. The fourth-order valence-corrected chi connectivity index (χ4v) is 6.06. The Bertz CT molecular complexity index is 1910. The van der Waals surface area contributed by atoms with E-state index in [9.17, 15) is 19.6 Å². The van der Waals surface area contributed by atoms with Crippen molar-refractivity contribution >= 4 is 34.7 Å². The Kier molecular flexibility index (Phi) is 7.43. The van der Waals surface area contributed by atoms with Gasteiger partial charge in [-0.2, -0.15) is 0 Å². The van der Waals surface area contributed by atoms with Gasteiger partial charge in [0.05, 0.1) is 0 Å². The highest BCUT2D eigenvalue weighted by Crippen LogP contribution is 2.40. The summed E-state index contributed by atoms with van der Waals surface area (Å²) in [6, 6.07) is 24.9. The molecule has 7 heteroatoms. The van der Waals surface area contributed by atoms with E-state index in [0.29, 0.717) is 34.6 Å². The molecule has 7 nitrogen and oxygen atoms in total. The minimum atomic E-state index is -0.634. The maximum absolute atomic E-state index is 13.3. The van der Waals surface area contributed by atoms with Gasteiger partial charge in [-0.25, -0.2) is 0 Å². The van der Waals surface area contributed by atoms with Gasteiger partial charge >= 0.3 is 0 Å². The van der Waals surface area contributed by atoms with Gasteiger partial charge in [0, 0.05) is 44.5 Å². The lowest BCUT2D eigenvalue weighted by atomic mass is 9.85. The molecular formula is C38H37N3O4. The molecule has 228 valence electrons. The van der Waals surface area contributed by atoms with Crippen LogP contribution in [-0.2, 0) is 16.0 Å². The van der Waals surface area contributed by atoms with E-state index in [4.69, 9.17) is 0 Å². The topological polar surface area (TPSA) is 108 Å². The van der Waals surface area contributed by atoms with Gasteiger partial charge < -0.3 is 15.8 Å². The highest BCUT2D eigenvalue weighted by atomic mass is 16.4. The van der Waals surface area contributed by atoms with Crippen molar-refractivity contribution in [3.63, 3.8) is 0 Å². The van der Waals surface area contributed by atoms with Crippen molar-refractivity contribution in [1.29, 1.82) is 0 Å². The molecule has 0 saturated carbocycles. The lowest BCUT2D eigenvalue weighted by Gasteiger charge is -2.24. The Morgan fingerprint density at radius 2 is 1.20 bits per heavy atom. The molecule has 0 fully saturated rings. The van der Waals surface area contributed by atoms with Gasteiger partial charge in [0.1, 0.15) is 5.71 Å². The maximum atomic E-state index is 13.3. The summed E-state index contributed by atoms with van der Waals surface area (Å²) in [6.45, 7) is 9.44. The molecule has 2 aliphatic rings. The zero-order valence-electron chi connectivity index (χ0n) is 26.2. The normalized spacial score (nSPS) is 14.1. The van der Waals surface area contributed by atoms with Gasteiger partial charge in [0.25, 0.3) is 0 Å². The number of hydrogen-bond acceptors (Lipinski definition) is 5. The van der Waals surface area contributed by atoms with E-state index in [1.165, 1.54) is 0 Å². The highest BCUT2D eigenvalue weighted by Gasteiger charge is 2.31. The summed E-state index contributed by atoms with van der Waals surface area (Å²) in [5.41, 5.74) is 8.33. The van der Waals surface area contributed by atoms with Gasteiger partial charge in [-0.05, 0) is 77.4 Å². The van der Waals surface area contributed by atoms with Crippen molar-refractivity contribution < 1.29 is 19.6 Å². The monoisotopic (exact) mass is 599 g/mol. The van der Waals surface area contributed by atoms with Crippen molar-refractivity contribution in [3.05, 3.63) is 107 Å². The van der Waals surface area contributed by atoms with Crippen LogP contribution in [0.25, 0.3) is 22.3 Å². The van der Waals surface area contributed by atoms with Crippen molar-refractivity contribution in [3.8, 4) is 22.3 Å². The first-order valence-electron chi connectivity index (χ1n) is 15.3. The quantitative estimate of drug-likeness (QED) is 0.127. The molecule has 2 aliphatic carbocycles. The third-order valence-electron chi connectivity index (χ3n) is 8.81. The van der Waals surface area contributed by atoms with Crippen LogP contribution < -0.4 is 10.6 Å². The second-order valence-electron chi connectivity index (χ2n) is 13.6. The number of anilines is 2. The van der Waals surface area contributed by atoms with Gasteiger partial charge in [0.2, 0.25) is 11.8 Å². The Morgan fingerprint density at radius 3 is 1.84 bits per heavy atom. The first-order valence-corrected chi connectivity index (χ1v) is 15.3. The lowest BCUT2D eigenvalue weighted by molar-refractivity contribution is -0.124. The van der Waals surface area contributed by atoms with Crippen LogP contribution in [0, 0.1) is 10.8 Å². The zero-order chi connectivity index (χ0) is 32.1. The van der Waals surface area contributed by atoms with Crippen LogP contribution in [-0.4, -0.2) is 28.5 Å². The summed E-state index contributed by atoms with van der Waals surface area (Å²) in [5.74, 6) is -0.206. The minimum absolute atomic E-state index is 0.0180. The summed E-state index contributed by atoms with van der Waals surface area (Å²) < 4.78 is 0. The number of oxime groups is 1. The van der Waals surface area contributed by atoms with E-state index in [-0.39, 0.29) is 17.6 Å². The van der Waals surface area contributed by atoms with E-state index in [1.54, 1.807) is 6.07 Å². The summed E-state index contributed by atoms with van der Waals surface area (Å²) in [5, 5.41) is 19.6. The number of fused-ring (bicyclic) bond motifs is 6. The largest absolute Gasteiger partial charge is 0.410 e. The molecule has 0 aliphatic heterocycles. The number of benzene rings is 4. The van der Waals surface area contributed by atoms with Crippen LogP contribution in [0.4, 0.5) is 11.4 Å². The van der Waals surface area contributed by atoms with Gasteiger partial charge in [-0.15, -0.1) is 0 Å². The van der Waals surface area contributed by atoms with E-state index in [0.717, 1.165) is 51.8 Å². The van der Waals surface area contributed by atoms with E-state index in [1.807, 2.05) is 101 Å². The second kappa shape index (κ2) is 11.1. The second-order valence-corrected chi connectivity index (χ2v) is 13.6. The fourth-order valence-electron chi connectivity index (χ4n) is 6.06. The third kappa shape index (κ3) is 5.55. The predicted octanol–water partition coefficient (Wildman–Crippen LogP) is 8.08. The number of carbonyl (C=O) groups is 3. The zero-order valence-corrected chi connectivity index (χ0v) is 26.2. The number of hydrogen-bond donors (Lipinski definition) is 3. The van der Waals surface area contributed by atoms with Crippen LogP contribution in [0.3, 0.4) is 0 Å². The molecule has 0 aromatic heterocycles. The molecule has 6 rings (SSSR count). The molecule has 45 heavy (non-hydrogen) atoms. The minimum Gasteiger partial charge on any atom is -0.410 e. The van der Waals surface area contributed by atoms with Crippen LogP contribution in [0.15, 0.2) is 84.0 Å². The molecule has 0 heterocycles. The first-order chi connectivity index (χ1) is 21.4. The molecule has 0 spiro atoms. The number of ketones is 1. The molecule has 3 N–H and O–H groups in total. The predicted molar refractivity (Wildman–Crippen MR) is 178 cm³/mol. The summed E-state index contributed by atoms with van der Waals surface area (Å²) in [7, 11) is 0. The SMILES string of the molecule is CC(C)(C)C(=O)Nc1ccc2c(c1)/C(=N/O)c1cc(CCCC(C)(C)C(=O)Nc3ccc4c(c3)C(=O)c3ccccc3-4)ccc1-2. The summed E-state index contributed by atoms with van der Waals surface area (Å²) in [6.07, 6.45) is 2.18. The van der Waals surface area contributed by atoms with Gasteiger partial charge in [-0.1, -0.05) is 88.3 Å². The smallest absolute Gasteiger partial charge is 0.230 e. The van der Waals surface area contributed by atoms with Crippen molar-refractivity contribution in [1.82, 2.24) is 0 Å². The van der Waals surface area contributed by atoms with Gasteiger partial charge in [0.15, 0.2) is 5.78 Å². The Morgan fingerprint density at radius 1 is 0.667 bits per heavy atom. The third-order valence-corrected chi connectivity index (χ3v) is 8.81. The van der Waals surface area contributed by atoms with Gasteiger partial charge in [-0.3, -0.25) is 14.4 Å². The number of aryl methyl sites for hydroxylation is 1. The highest BCUT2D eigenvalue weighted by molar-refractivity contribution is 6.25. The Labute approximate surface area is 263 Å². The number of nitrogens with zero attached hydrogens (tertiary/aromatic N) is 1. The molecule has 0 bridgehead atoms. The molecule has 0 saturated heterocycles. The maximum Gasteiger partial charge on any atom is 0.230 e. The van der Waals surface area contributed by atoms with Crippen LogP contribution in [0.5, 0.6) is 0 Å². The summed E-state index contributed by atoms with van der Waals surface area (Å²) in [4.78, 5) is 38.7. The van der Waals surface area contributed by atoms with Crippen LogP contribution in [0.1, 0.15) is 80.1 Å². The molecule has 4 aromatic carbocycles. The average Bonchev–Trinajstić information content (AvgIpc) is 3.47. The summed E-state index contributed by atoms with van der Waals surface area (Å²) >= 11 is 0. The number of nitrogens with one attached hydrogen (secondary N) is 2. The van der Waals surface area contributed by atoms with Crippen LogP contribution in [0.2, 0.25) is 0 Å². The molecule has 4 aromatic rings. The van der Waals surface area contributed by atoms with Crippen molar-refractivity contribution in [2.75, 3.05) is 10.6 Å².